The summed E-state index contributed by atoms with van der Waals surface area (Å²) >= 11 is 0. The molecule has 2 unspecified atom stereocenters. The largest absolute Gasteiger partial charge is 0.468 e. The number of guanidine groups is 1. The Hall–Kier alpha value is -1.01. The standard InChI is InChI=1S/C19H30F3N5O.HI/c1-23-18(24-11-15-6-9-26(13-15)14-19(20,21)22)25-12-16(17-5-4-10-28-17)27-7-2-3-8-27;/h4-5,10,15-16H,2-3,6-9,11-14H2,1H3,(H2,23,24,25);1H. The number of nitrogens with one attached hydrogen (secondary N) is 2. The fourth-order valence-electron chi connectivity index (χ4n) is 4.08. The molecular formula is C19H31F3IN5O. The molecular weight excluding hydrogens is 498 g/mol. The van der Waals surface area contributed by atoms with Crippen LogP contribution in [0.5, 0.6) is 0 Å². The third-order valence-corrected chi connectivity index (χ3v) is 5.47. The van der Waals surface area contributed by atoms with Crippen LogP contribution in [-0.4, -0.2) is 74.8 Å². The van der Waals surface area contributed by atoms with Crippen molar-refractivity contribution in [3.8, 4) is 0 Å². The van der Waals surface area contributed by atoms with Gasteiger partial charge in [-0.3, -0.25) is 14.8 Å². The Balaban J connectivity index is 0.00000300. The first-order valence-electron chi connectivity index (χ1n) is 9.95. The van der Waals surface area contributed by atoms with Crippen molar-refractivity contribution >= 4 is 29.9 Å². The smallest absolute Gasteiger partial charge is 0.401 e. The first-order valence-corrected chi connectivity index (χ1v) is 9.95. The number of hydrogen-bond acceptors (Lipinski definition) is 4. The van der Waals surface area contributed by atoms with Crippen LogP contribution >= 0.6 is 24.0 Å². The molecule has 0 aliphatic carbocycles. The van der Waals surface area contributed by atoms with Gasteiger partial charge < -0.3 is 15.1 Å². The third kappa shape index (κ3) is 7.63. The van der Waals surface area contributed by atoms with Gasteiger partial charge in [0.15, 0.2) is 5.96 Å². The predicted molar refractivity (Wildman–Crippen MR) is 118 cm³/mol. The maximum Gasteiger partial charge on any atom is 0.401 e. The van der Waals surface area contributed by atoms with Crippen LogP contribution in [0.15, 0.2) is 27.8 Å². The van der Waals surface area contributed by atoms with Crippen LogP contribution in [0.4, 0.5) is 13.2 Å². The van der Waals surface area contributed by atoms with Crippen LogP contribution in [-0.2, 0) is 0 Å². The molecule has 1 aromatic heterocycles. The van der Waals surface area contributed by atoms with E-state index in [1.54, 1.807) is 13.3 Å². The van der Waals surface area contributed by atoms with Crippen LogP contribution < -0.4 is 10.6 Å². The Morgan fingerprint density at radius 1 is 1.28 bits per heavy atom. The van der Waals surface area contributed by atoms with E-state index in [4.69, 9.17) is 4.42 Å². The Kier molecular flexibility index (Phi) is 9.54. The minimum atomic E-state index is -4.13. The molecule has 2 aliphatic heterocycles. The van der Waals surface area contributed by atoms with Crippen molar-refractivity contribution in [2.75, 3.05) is 52.9 Å². The molecule has 2 N–H and O–H groups in total. The van der Waals surface area contributed by atoms with Crippen LogP contribution in [0.25, 0.3) is 0 Å². The molecule has 2 fully saturated rings. The van der Waals surface area contributed by atoms with E-state index in [-0.39, 0.29) is 35.9 Å². The first kappa shape index (κ1) is 24.3. The van der Waals surface area contributed by atoms with Crippen molar-refractivity contribution in [3.05, 3.63) is 24.2 Å². The summed E-state index contributed by atoms with van der Waals surface area (Å²) < 4.78 is 43.2. The second kappa shape index (κ2) is 11.4. The average Bonchev–Trinajstić information content (AvgIpc) is 3.39. The minimum absolute atomic E-state index is 0. The lowest BCUT2D eigenvalue weighted by molar-refractivity contribution is -0.143. The van der Waals surface area contributed by atoms with E-state index in [0.29, 0.717) is 32.1 Å². The van der Waals surface area contributed by atoms with Crippen LogP contribution in [0.3, 0.4) is 0 Å². The van der Waals surface area contributed by atoms with Gasteiger partial charge in [-0.15, -0.1) is 24.0 Å². The molecule has 0 spiro atoms. The molecule has 2 saturated heterocycles. The molecule has 0 radical (unpaired) electrons. The molecule has 166 valence electrons. The van der Waals surface area contributed by atoms with E-state index in [0.717, 1.165) is 25.3 Å². The number of likely N-dealkylation sites (tertiary alicyclic amines) is 2. The number of nitrogens with zero attached hydrogens (tertiary/aromatic N) is 3. The van der Waals surface area contributed by atoms with Crippen molar-refractivity contribution in [2.24, 2.45) is 10.9 Å². The maximum absolute atomic E-state index is 12.5. The topological polar surface area (TPSA) is 56.0 Å². The van der Waals surface area contributed by atoms with Gasteiger partial charge in [0, 0.05) is 26.7 Å². The highest BCUT2D eigenvalue weighted by atomic mass is 127. The highest BCUT2D eigenvalue weighted by molar-refractivity contribution is 14.0. The summed E-state index contributed by atoms with van der Waals surface area (Å²) in [5.74, 6) is 1.80. The summed E-state index contributed by atoms with van der Waals surface area (Å²) in [6.07, 6.45) is 0.720. The summed E-state index contributed by atoms with van der Waals surface area (Å²) in [5.41, 5.74) is 0. The lowest BCUT2D eigenvalue weighted by Crippen LogP contribution is -2.44. The fraction of sp³-hybridized carbons (Fsp3) is 0.737. The van der Waals surface area contributed by atoms with Gasteiger partial charge in [-0.25, -0.2) is 0 Å². The summed E-state index contributed by atoms with van der Waals surface area (Å²) in [5, 5.41) is 6.62. The second-order valence-electron chi connectivity index (χ2n) is 7.61. The highest BCUT2D eigenvalue weighted by Crippen LogP contribution is 2.25. The van der Waals surface area contributed by atoms with Gasteiger partial charge in [-0.2, -0.15) is 13.2 Å². The Morgan fingerprint density at radius 3 is 2.66 bits per heavy atom. The molecule has 0 saturated carbocycles. The summed E-state index contributed by atoms with van der Waals surface area (Å²) in [7, 11) is 1.71. The molecule has 2 atom stereocenters. The van der Waals surface area contributed by atoms with Gasteiger partial charge in [0.05, 0.1) is 18.8 Å². The number of furan rings is 1. The predicted octanol–water partition coefficient (Wildman–Crippen LogP) is 3.08. The van der Waals surface area contributed by atoms with Crippen molar-refractivity contribution in [1.29, 1.82) is 0 Å². The molecule has 0 amide bonds. The summed E-state index contributed by atoms with van der Waals surface area (Å²) in [6.45, 7) is 3.52. The number of alkyl halides is 3. The molecule has 6 nitrogen and oxygen atoms in total. The number of rotatable bonds is 7. The maximum atomic E-state index is 12.5. The minimum Gasteiger partial charge on any atom is -0.468 e. The van der Waals surface area contributed by atoms with Gasteiger partial charge >= 0.3 is 6.18 Å². The van der Waals surface area contributed by atoms with E-state index >= 15 is 0 Å². The van der Waals surface area contributed by atoms with Gasteiger partial charge in [-0.1, -0.05) is 0 Å². The van der Waals surface area contributed by atoms with Gasteiger partial charge in [-0.05, 0) is 56.9 Å². The molecule has 2 aliphatic rings. The third-order valence-electron chi connectivity index (χ3n) is 5.47. The number of hydrogen-bond donors (Lipinski definition) is 2. The van der Waals surface area contributed by atoms with E-state index < -0.39 is 12.7 Å². The quantitative estimate of drug-likeness (QED) is 0.323. The zero-order valence-corrected chi connectivity index (χ0v) is 19.1. The average molecular weight is 529 g/mol. The zero-order chi connectivity index (χ0) is 20.0. The van der Waals surface area contributed by atoms with Crippen LogP contribution in [0.1, 0.15) is 31.1 Å². The lowest BCUT2D eigenvalue weighted by atomic mass is 10.1. The van der Waals surface area contributed by atoms with Gasteiger partial charge in [0.2, 0.25) is 0 Å². The Bertz CT molecular complexity index is 620. The summed E-state index contributed by atoms with van der Waals surface area (Å²) in [4.78, 5) is 8.14. The van der Waals surface area contributed by atoms with Gasteiger partial charge in [0.1, 0.15) is 5.76 Å². The van der Waals surface area contributed by atoms with Crippen molar-refractivity contribution in [3.63, 3.8) is 0 Å². The van der Waals surface area contributed by atoms with Crippen molar-refractivity contribution < 1.29 is 17.6 Å². The summed E-state index contributed by atoms with van der Waals surface area (Å²) in [6, 6.07) is 4.04. The van der Waals surface area contributed by atoms with E-state index in [9.17, 15) is 13.2 Å². The Morgan fingerprint density at radius 2 is 2.03 bits per heavy atom. The monoisotopic (exact) mass is 529 g/mol. The molecule has 0 bridgehead atoms. The molecule has 3 heterocycles. The van der Waals surface area contributed by atoms with Crippen molar-refractivity contribution in [1.82, 2.24) is 20.4 Å². The molecule has 10 heteroatoms. The van der Waals surface area contributed by atoms with Crippen LogP contribution in [0, 0.1) is 5.92 Å². The SMILES string of the molecule is CN=C(NCC1CCN(CC(F)(F)F)C1)NCC(c1ccco1)N1CCCC1.I. The molecule has 0 aromatic carbocycles. The van der Waals surface area contributed by atoms with E-state index in [1.807, 2.05) is 12.1 Å². The number of halogens is 4. The fourth-order valence-corrected chi connectivity index (χ4v) is 4.08. The Labute approximate surface area is 187 Å². The molecule has 1 aromatic rings. The molecule has 3 rings (SSSR count). The van der Waals surface area contributed by atoms with Gasteiger partial charge in [0.25, 0.3) is 0 Å². The normalized spacial score (nSPS) is 22.5. The van der Waals surface area contributed by atoms with Crippen molar-refractivity contribution in [2.45, 2.75) is 31.5 Å². The molecule has 29 heavy (non-hydrogen) atoms. The van der Waals surface area contributed by atoms with E-state index in [1.165, 1.54) is 17.7 Å². The highest BCUT2D eigenvalue weighted by Gasteiger charge is 2.34. The lowest BCUT2D eigenvalue weighted by Gasteiger charge is -2.27. The zero-order valence-electron chi connectivity index (χ0n) is 16.7. The van der Waals surface area contributed by atoms with Crippen LogP contribution in [0.2, 0.25) is 0 Å². The second-order valence-corrected chi connectivity index (χ2v) is 7.61. The first-order chi connectivity index (χ1) is 13.4. The van der Waals surface area contributed by atoms with E-state index in [2.05, 4.69) is 20.5 Å². The number of aliphatic imine (C=N–C) groups is 1.